The molecule has 6 heteroatoms. The van der Waals surface area contributed by atoms with Crippen molar-refractivity contribution in [2.24, 2.45) is 0 Å². The van der Waals surface area contributed by atoms with Crippen LogP contribution in [0, 0.1) is 6.92 Å². The quantitative estimate of drug-likeness (QED) is 0.879. The Morgan fingerprint density at radius 3 is 2.67 bits per heavy atom. The largest absolute Gasteiger partial charge is 0.370 e. The Labute approximate surface area is 126 Å². The van der Waals surface area contributed by atoms with Gasteiger partial charge in [0.1, 0.15) is 23.0 Å². The molecule has 0 bridgehead atoms. The summed E-state index contributed by atoms with van der Waals surface area (Å²) in [4.78, 5) is 23.5. The zero-order valence-electron chi connectivity index (χ0n) is 13.6. The third-order valence-electron chi connectivity index (χ3n) is 3.93. The van der Waals surface area contributed by atoms with Gasteiger partial charge >= 0.3 is 0 Å². The highest BCUT2D eigenvalue weighted by atomic mass is 16.2. The van der Waals surface area contributed by atoms with Gasteiger partial charge in [0.2, 0.25) is 5.91 Å². The lowest BCUT2D eigenvalue weighted by Gasteiger charge is -2.42. The van der Waals surface area contributed by atoms with Gasteiger partial charge in [-0.05, 0) is 27.7 Å². The lowest BCUT2D eigenvalue weighted by Crippen LogP contribution is -2.62. The molecule has 2 heterocycles. The first kappa shape index (κ1) is 15.5. The molecule has 2 rings (SSSR count). The van der Waals surface area contributed by atoms with Gasteiger partial charge in [0, 0.05) is 31.6 Å². The molecule has 1 aromatic rings. The van der Waals surface area contributed by atoms with E-state index in [2.05, 4.69) is 25.5 Å². The Hall–Kier alpha value is -1.85. The van der Waals surface area contributed by atoms with Crippen molar-refractivity contribution in [2.45, 2.75) is 46.6 Å². The van der Waals surface area contributed by atoms with Gasteiger partial charge in [-0.1, -0.05) is 6.92 Å². The minimum Gasteiger partial charge on any atom is -0.370 e. The molecule has 116 valence electrons. The minimum atomic E-state index is -0.605. The third-order valence-corrected chi connectivity index (χ3v) is 3.93. The molecule has 1 aliphatic heterocycles. The monoisotopic (exact) mass is 291 g/mol. The second-order valence-corrected chi connectivity index (χ2v) is 5.79. The van der Waals surface area contributed by atoms with E-state index in [0.29, 0.717) is 6.54 Å². The van der Waals surface area contributed by atoms with E-state index in [0.717, 1.165) is 42.5 Å². The smallest absolute Gasteiger partial charge is 0.245 e. The first-order valence-electron chi connectivity index (χ1n) is 7.59. The number of piperazine rings is 1. The summed E-state index contributed by atoms with van der Waals surface area (Å²) in [6, 6.07) is 0. The van der Waals surface area contributed by atoms with Gasteiger partial charge in [0.25, 0.3) is 0 Å². The fourth-order valence-corrected chi connectivity index (χ4v) is 2.58. The highest BCUT2D eigenvalue weighted by Crippen LogP contribution is 2.30. The summed E-state index contributed by atoms with van der Waals surface area (Å²) in [7, 11) is 0. The maximum absolute atomic E-state index is 12.2. The predicted octanol–water partition coefficient (Wildman–Crippen LogP) is 1.49. The number of aryl methyl sites for hydroxylation is 1. The lowest BCUT2D eigenvalue weighted by atomic mass is 9.98. The molecule has 0 spiro atoms. The lowest BCUT2D eigenvalue weighted by molar-refractivity contribution is -0.126. The van der Waals surface area contributed by atoms with Crippen LogP contribution >= 0.6 is 0 Å². The van der Waals surface area contributed by atoms with Crippen molar-refractivity contribution in [3.8, 4) is 0 Å². The number of aromatic nitrogens is 2. The van der Waals surface area contributed by atoms with Crippen molar-refractivity contribution < 1.29 is 4.79 Å². The fraction of sp³-hybridized carbons (Fsp3) is 0.667. The molecular formula is C15H25N5O. The SMILES string of the molecule is CCNc1nc(CC)nc(N2CCNC(=O)C2(C)C)c1C. The molecule has 0 aromatic carbocycles. The van der Waals surface area contributed by atoms with Gasteiger partial charge in [-0.3, -0.25) is 4.79 Å². The first-order valence-corrected chi connectivity index (χ1v) is 7.59. The van der Waals surface area contributed by atoms with E-state index in [9.17, 15) is 4.79 Å². The molecule has 0 unspecified atom stereocenters. The van der Waals surface area contributed by atoms with Gasteiger partial charge in [-0.2, -0.15) is 0 Å². The van der Waals surface area contributed by atoms with Gasteiger partial charge in [-0.25, -0.2) is 9.97 Å². The molecule has 1 saturated heterocycles. The maximum atomic E-state index is 12.2. The first-order chi connectivity index (χ1) is 9.91. The molecule has 0 saturated carbocycles. The summed E-state index contributed by atoms with van der Waals surface area (Å²) in [6.45, 7) is 12.2. The molecule has 2 N–H and O–H groups in total. The summed E-state index contributed by atoms with van der Waals surface area (Å²) in [5.74, 6) is 2.56. The van der Waals surface area contributed by atoms with Crippen molar-refractivity contribution in [1.29, 1.82) is 0 Å². The van der Waals surface area contributed by atoms with E-state index in [1.54, 1.807) is 0 Å². The minimum absolute atomic E-state index is 0.0369. The summed E-state index contributed by atoms with van der Waals surface area (Å²) in [5, 5.41) is 6.21. The van der Waals surface area contributed by atoms with Gasteiger partial charge in [0.15, 0.2) is 0 Å². The van der Waals surface area contributed by atoms with Crippen molar-refractivity contribution in [1.82, 2.24) is 15.3 Å². The van der Waals surface area contributed by atoms with Crippen LogP contribution in [0.1, 0.15) is 39.1 Å². The zero-order valence-corrected chi connectivity index (χ0v) is 13.6. The molecule has 1 fully saturated rings. The number of nitrogens with zero attached hydrogens (tertiary/aromatic N) is 3. The van der Waals surface area contributed by atoms with Gasteiger partial charge in [-0.15, -0.1) is 0 Å². The van der Waals surface area contributed by atoms with E-state index in [1.165, 1.54) is 0 Å². The molecule has 1 aliphatic rings. The van der Waals surface area contributed by atoms with Crippen LogP contribution in [-0.4, -0.2) is 41.0 Å². The molecule has 0 atom stereocenters. The van der Waals surface area contributed by atoms with Crippen LogP contribution in [0.5, 0.6) is 0 Å². The second kappa shape index (κ2) is 5.87. The number of hydrogen-bond acceptors (Lipinski definition) is 5. The standard InChI is InChI=1S/C15H25N5O/c1-6-11-18-12(16-7-2)10(3)13(19-11)20-9-8-17-14(21)15(20,4)5/h6-9H2,1-5H3,(H,17,21)(H,16,18,19). The highest BCUT2D eigenvalue weighted by molar-refractivity contribution is 5.90. The fourth-order valence-electron chi connectivity index (χ4n) is 2.58. The van der Waals surface area contributed by atoms with E-state index in [-0.39, 0.29) is 5.91 Å². The average molecular weight is 291 g/mol. The van der Waals surface area contributed by atoms with Crippen LogP contribution < -0.4 is 15.5 Å². The molecule has 6 nitrogen and oxygen atoms in total. The van der Waals surface area contributed by atoms with Crippen LogP contribution in [-0.2, 0) is 11.2 Å². The maximum Gasteiger partial charge on any atom is 0.245 e. The number of hydrogen-bond donors (Lipinski definition) is 2. The van der Waals surface area contributed by atoms with Crippen LogP contribution in [0.2, 0.25) is 0 Å². The van der Waals surface area contributed by atoms with E-state index in [4.69, 9.17) is 0 Å². The Kier molecular flexibility index (Phi) is 4.34. The van der Waals surface area contributed by atoms with Crippen molar-refractivity contribution >= 4 is 17.5 Å². The number of amides is 1. The molecular weight excluding hydrogens is 266 g/mol. The Balaban J connectivity index is 2.51. The molecule has 21 heavy (non-hydrogen) atoms. The van der Waals surface area contributed by atoms with Crippen molar-refractivity contribution in [2.75, 3.05) is 29.9 Å². The number of carbonyl (C=O) groups excluding carboxylic acids is 1. The third kappa shape index (κ3) is 2.80. The topological polar surface area (TPSA) is 70.2 Å². The second-order valence-electron chi connectivity index (χ2n) is 5.79. The zero-order chi connectivity index (χ0) is 15.6. The van der Waals surface area contributed by atoms with Crippen LogP contribution in [0.4, 0.5) is 11.6 Å². The van der Waals surface area contributed by atoms with Crippen LogP contribution in [0.15, 0.2) is 0 Å². The molecule has 0 radical (unpaired) electrons. The Morgan fingerprint density at radius 1 is 1.33 bits per heavy atom. The van der Waals surface area contributed by atoms with E-state index < -0.39 is 5.54 Å². The average Bonchev–Trinajstić information content (AvgIpc) is 2.45. The number of rotatable bonds is 4. The van der Waals surface area contributed by atoms with Crippen molar-refractivity contribution in [3.63, 3.8) is 0 Å². The van der Waals surface area contributed by atoms with Crippen molar-refractivity contribution in [3.05, 3.63) is 11.4 Å². The van der Waals surface area contributed by atoms with E-state index in [1.807, 2.05) is 34.6 Å². The summed E-state index contributed by atoms with van der Waals surface area (Å²) >= 11 is 0. The molecule has 0 aliphatic carbocycles. The molecule has 1 amide bonds. The Morgan fingerprint density at radius 2 is 2.05 bits per heavy atom. The Bertz CT molecular complexity index is 541. The summed E-state index contributed by atoms with van der Waals surface area (Å²) in [6.07, 6.45) is 0.770. The number of nitrogens with one attached hydrogen (secondary N) is 2. The normalized spacial score (nSPS) is 17.6. The van der Waals surface area contributed by atoms with Crippen LogP contribution in [0.25, 0.3) is 0 Å². The van der Waals surface area contributed by atoms with Gasteiger partial charge in [0.05, 0.1) is 0 Å². The van der Waals surface area contributed by atoms with Crippen LogP contribution in [0.3, 0.4) is 0 Å². The summed E-state index contributed by atoms with van der Waals surface area (Å²) < 4.78 is 0. The molecule has 1 aromatic heterocycles. The van der Waals surface area contributed by atoms with Gasteiger partial charge < -0.3 is 15.5 Å². The predicted molar refractivity (Wildman–Crippen MR) is 84.7 cm³/mol. The number of carbonyl (C=O) groups is 1. The summed E-state index contributed by atoms with van der Waals surface area (Å²) in [5.41, 5.74) is 0.392. The van der Waals surface area contributed by atoms with E-state index >= 15 is 0 Å². The number of anilines is 2. The highest BCUT2D eigenvalue weighted by Gasteiger charge is 2.39.